The van der Waals surface area contributed by atoms with Crippen molar-refractivity contribution in [1.29, 1.82) is 10.5 Å². The largest absolute Gasteiger partial charge is 0.313 e. The number of Topliss-reactive ketones (excluding diaryl/α,β-unsaturated/α-hetero) is 1. The standard InChI is InChI=1S/C16H14N4O/c1-10-4-11(2)16(12(3)5-10)15(21)8-20-9-19-13(6-17)14(20)7-18/h4-5,9H,8H2,1-3H3. The summed E-state index contributed by atoms with van der Waals surface area (Å²) in [6.45, 7) is 5.78. The molecule has 0 aliphatic rings. The molecule has 5 heteroatoms. The van der Waals surface area contributed by atoms with Crippen molar-refractivity contribution in [3.63, 3.8) is 0 Å². The average molecular weight is 278 g/mol. The maximum absolute atomic E-state index is 12.5. The molecule has 104 valence electrons. The Labute approximate surface area is 123 Å². The third kappa shape index (κ3) is 2.68. The normalized spacial score (nSPS) is 9.95. The van der Waals surface area contributed by atoms with E-state index in [0.717, 1.165) is 16.7 Å². The highest BCUT2D eigenvalue weighted by atomic mass is 16.1. The van der Waals surface area contributed by atoms with Gasteiger partial charge in [0.25, 0.3) is 0 Å². The van der Waals surface area contributed by atoms with E-state index in [1.807, 2.05) is 45.0 Å². The van der Waals surface area contributed by atoms with Crippen molar-refractivity contribution in [2.24, 2.45) is 0 Å². The maximum atomic E-state index is 12.5. The number of hydrogen-bond donors (Lipinski definition) is 0. The smallest absolute Gasteiger partial charge is 0.183 e. The summed E-state index contributed by atoms with van der Waals surface area (Å²) in [5, 5.41) is 17.9. The van der Waals surface area contributed by atoms with Crippen LogP contribution in [0.5, 0.6) is 0 Å². The number of nitrogens with zero attached hydrogens (tertiary/aromatic N) is 4. The van der Waals surface area contributed by atoms with Crippen molar-refractivity contribution in [2.75, 3.05) is 0 Å². The molecule has 0 aliphatic heterocycles. The second kappa shape index (κ2) is 5.60. The summed E-state index contributed by atoms with van der Waals surface area (Å²) in [5.41, 5.74) is 3.76. The molecule has 5 nitrogen and oxygen atoms in total. The minimum Gasteiger partial charge on any atom is -0.313 e. The molecule has 21 heavy (non-hydrogen) atoms. The summed E-state index contributed by atoms with van der Waals surface area (Å²) in [6.07, 6.45) is 1.36. The lowest BCUT2D eigenvalue weighted by atomic mass is 9.96. The van der Waals surface area contributed by atoms with E-state index >= 15 is 0 Å². The van der Waals surface area contributed by atoms with Gasteiger partial charge in [-0.1, -0.05) is 17.7 Å². The Morgan fingerprint density at radius 1 is 1.19 bits per heavy atom. The molecule has 0 amide bonds. The van der Waals surface area contributed by atoms with E-state index in [2.05, 4.69) is 4.98 Å². The lowest BCUT2D eigenvalue weighted by Crippen LogP contribution is -2.14. The van der Waals surface area contributed by atoms with Gasteiger partial charge in [-0.3, -0.25) is 4.79 Å². The monoisotopic (exact) mass is 278 g/mol. The van der Waals surface area contributed by atoms with E-state index in [4.69, 9.17) is 10.5 Å². The van der Waals surface area contributed by atoms with E-state index in [1.165, 1.54) is 10.9 Å². The number of imidazole rings is 1. The predicted molar refractivity (Wildman–Crippen MR) is 76.6 cm³/mol. The van der Waals surface area contributed by atoms with Crippen LogP contribution in [0.25, 0.3) is 0 Å². The van der Waals surface area contributed by atoms with Gasteiger partial charge >= 0.3 is 0 Å². The molecule has 2 aromatic rings. The van der Waals surface area contributed by atoms with Gasteiger partial charge in [-0.15, -0.1) is 0 Å². The number of carbonyl (C=O) groups is 1. The fourth-order valence-corrected chi connectivity index (χ4v) is 2.55. The summed E-state index contributed by atoms with van der Waals surface area (Å²) in [7, 11) is 0. The molecule has 0 bridgehead atoms. The van der Waals surface area contributed by atoms with Gasteiger partial charge in [0.1, 0.15) is 12.1 Å². The number of aryl methyl sites for hydroxylation is 3. The summed E-state index contributed by atoms with van der Waals surface area (Å²) < 4.78 is 1.42. The zero-order valence-electron chi connectivity index (χ0n) is 12.1. The lowest BCUT2D eigenvalue weighted by molar-refractivity contribution is 0.0970. The summed E-state index contributed by atoms with van der Waals surface area (Å²) in [4.78, 5) is 16.3. The van der Waals surface area contributed by atoms with Gasteiger partial charge in [0, 0.05) is 5.56 Å². The van der Waals surface area contributed by atoms with E-state index in [-0.39, 0.29) is 23.7 Å². The van der Waals surface area contributed by atoms with Crippen LogP contribution in [0.1, 0.15) is 38.4 Å². The fourth-order valence-electron chi connectivity index (χ4n) is 2.55. The van der Waals surface area contributed by atoms with Crippen LogP contribution in [0, 0.1) is 43.4 Å². The van der Waals surface area contributed by atoms with Crippen LogP contribution < -0.4 is 0 Å². The molecule has 0 saturated carbocycles. The van der Waals surface area contributed by atoms with E-state index in [1.54, 1.807) is 0 Å². The highest BCUT2D eigenvalue weighted by molar-refractivity contribution is 5.98. The number of carbonyl (C=O) groups excluding carboxylic acids is 1. The van der Waals surface area contributed by atoms with Crippen molar-refractivity contribution in [2.45, 2.75) is 27.3 Å². The topological polar surface area (TPSA) is 82.5 Å². The third-order valence-electron chi connectivity index (χ3n) is 3.32. The van der Waals surface area contributed by atoms with Gasteiger partial charge in [-0.05, 0) is 31.9 Å². The molecule has 0 N–H and O–H groups in total. The van der Waals surface area contributed by atoms with Crippen molar-refractivity contribution >= 4 is 5.78 Å². The number of ketones is 1. The summed E-state index contributed by atoms with van der Waals surface area (Å²) in [5.74, 6) is -0.0941. The van der Waals surface area contributed by atoms with Gasteiger partial charge in [0.15, 0.2) is 17.2 Å². The molecule has 1 aromatic heterocycles. The molecule has 1 aromatic carbocycles. The van der Waals surface area contributed by atoms with Crippen LogP contribution >= 0.6 is 0 Å². The fraction of sp³-hybridized carbons (Fsp3) is 0.250. The molecule has 0 atom stereocenters. The third-order valence-corrected chi connectivity index (χ3v) is 3.32. The predicted octanol–water partition coefficient (Wildman–Crippen LogP) is 2.43. The molecule has 0 saturated heterocycles. The summed E-state index contributed by atoms with van der Waals surface area (Å²) >= 11 is 0. The first-order chi connectivity index (χ1) is 9.97. The van der Waals surface area contributed by atoms with Crippen LogP contribution in [0.2, 0.25) is 0 Å². The first-order valence-corrected chi connectivity index (χ1v) is 6.44. The van der Waals surface area contributed by atoms with Crippen molar-refractivity contribution in [3.05, 3.63) is 52.1 Å². The van der Waals surface area contributed by atoms with E-state index < -0.39 is 0 Å². The van der Waals surface area contributed by atoms with Gasteiger partial charge in [0.05, 0.1) is 12.9 Å². The van der Waals surface area contributed by atoms with E-state index in [0.29, 0.717) is 5.56 Å². The zero-order valence-corrected chi connectivity index (χ0v) is 12.1. The highest BCUT2D eigenvalue weighted by Gasteiger charge is 2.17. The van der Waals surface area contributed by atoms with Gasteiger partial charge in [0.2, 0.25) is 0 Å². The number of aromatic nitrogens is 2. The minimum absolute atomic E-state index is 0.00230. The molecule has 0 spiro atoms. The SMILES string of the molecule is Cc1cc(C)c(C(=O)Cn2cnc(C#N)c2C#N)c(C)c1. The molecule has 0 aliphatic carbocycles. The summed E-state index contributed by atoms with van der Waals surface area (Å²) in [6, 6.07) is 7.68. The Balaban J connectivity index is 2.39. The Bertz CT molecular complexity index is 780. The van der Waals surface area contributed by atoms with Crippen molar-refractivity contribution < 1.29 is 4.79 Å². The van der Waals surface area contributed by atoms with Crippen LogP contribution in [-0.2, 0) is 6.54 Å². The van der Waals surface area contributed by atoms with Crippen LogP contribution in [0.3, 0.4) is 0 Å². The van der Waals surface area contributed by atoms with Gasteiger partial charge in [-0.25, -0.2) is 4.98 Å². The quantitative estimate of drug-likeness (QED) is 0.807. The van der Waals surface area contributed by atoms with Gasteiger partial charge < -0.3 is 4.57 Å². The van der Waals surface area contributed by atoms with Crippen molar-refractivity contribution in [3.8, 4) is 12.1 Å². The molecule has 0 radical (unpaired) electrons. The second-order valence-electron chi connectivity index (χ2n) is 4.99. The Morgan fingerprint density at radius 3 is 2.33 bits per heavy atom. The number of benzene rings is 1. The number of nitriles is 2. The Morgan fingerprint density at radius 2 is 1.81 bits per heavy atom. The molecular formula is C16H14N4O. The first-order valence-electron chi connectivity index (χ1n) is 6.44. The second-order valence-corrected chi connectivity index (χ2v) is 4.99. The first kappa shape index (κ1) is 14.5. The van der Waals surface area contributed by atoms with Crippen LogP contribution in [0.4, 0.5) is 0 Å². The minimum atomic E-state index is -0.0941. The molecular weight excluding hydrogens is 264 g/mol. The van der Waals surface area contributed by atoms with Crippen molar-refractivity contribution in [1.82, 2.24) is 9.55 Å². The maximum Gasteiger partial charge on any atom is 0.183 e. The van der Waals surface area contributed by atoms with E-state index in [9.17, 15) is 4.79 Å². The Kier molecular flexibility index (Phi) is 3.86. The zero-order chi connectivity index (χ0) is 15.6. The number of hydrogen-bond acceptors (Lipinski definition) is 4. The lowest BCUT2D eigenvalue weighted by Gasteiger charge is -2.11. The van der Waals surface area contributed by atoms with Crippen LogP contribution in [-0.4, -0.2) is 15.3 Å². The molecule has 2 rings (SSSR count). The van der Waals surface area contributed by atoms with Gasteiger partial charge in [-0.2, -0.15) is 10.5 Å². The number of rotatable bonds is 3. The average Bonchev–Trinajstić information content (AvgIpc) is 2.79. The Hall–Kier alpha value is -2.92. The molecule has 0 unspecified atom stereocenters. The molecule has 1 heterocycles. The highest BCUT2D eigenvalue weighted by Crippen LogP contribution is 2.18. The van der Waals surface area contributed by atoms with Crippen LogP contribution in [0.15, 0.2) is 18.5 Å². The molecule has 0 fully saturated rings.